The summed E-state index contributed by atoms with van der Waals surface area (Å²) in [5.41, 5.74) is 0.455. The third kappa shape index (κ3) is 3.38. The molecule has 0 aliphatic heterocycles. The Kier molecular flexibility index (Phi) is 4.79. The molecule has 0 unspecified atom stereocenters. The van der Waals surface area contributed by atoms with Crippen LogP contribution >= 0.6 is 0 Å². The van der Waals surface area contributed by atoms with Gasteiger partial charge in [0, 0.05) is 0 Å². The van der Waals surface area contributed by atoms with Gasteiger partial charge in [0.1, 0.15) is 6.54 Å². The van der Waals surface area contributed by atoms with Gasteiger partial charge in [0.05, 0.1) is 24.1 Å². The van der Waals surface area contributed by atoms with Crippen molar-refractivity contribution in [1.82, 2.24) is 9.13 Å². The zero-order valence-corrected chi connectivity index (χ0v) is 13.8. The van der Waals surface area contributed by atoms with Crippen LogP contribution in [0.1, 0.15) is 12.5 Å². The van der Waals surface area contributed by atoms with Crippen LogP contribution in [0.15, 0.2) is 64.2 Å². The largest absolute Gasteiger partial charge is 0.465 e. The molecule has 0 fully saturated rings. The lowest BCUT2D eigenvalue weighted by Gasteiger charge is -2.14. The average molecular weight is 338 g/mol. The molecule has 0 aliphatic rings. The van der Waals surface area contributed by atoms with E-state index in [9.17, 15) is 14.4 Å². The molecule has 6 nitrogen and oxygen atoms in total. The van der Waals surface area contributed by atoms with E-state index in [-0.39, 0.29) is 6.61 Å². The molecule has 6 heteroatoms. The number of carbonyl (C=O) groups is 1. The first-order valence-electron chi connectivity index (χ1n) is 8.03. The van der Waals surface area contributed by atoms with Gasteiger partial charge in [-0.15, -0.1) is 0 Å². The number of nitrogens with zero attached hydrogens (tertiary/aromatic N) is 2. The summed E-state index contributed by atoms with van der Waals surface area (Å²) in [6.45, 7) is 1.78. The summed E-state index contributed by atoms with van der Waals surface area (Å²) in [5.74, 6) is -0.608. The van der Waals surface area contributed by atoms with Crippen molar-refractivity contribution in [2.45, 2.75) is 20.0 Å². The highest BCUT2D eigenvalue weighted by atomic mass is 16.5. The number of ether oxygens (including phenoxy) is 1. The summed E-state index contributed by atoms with van der Waals surface area (Å²) in [7, 11) is 0. The molecule has 0 N–H and O–H groups in total. The Morgan fingerprint density at radius 3 is 2.36 bits per heavy atom. The molecule has 1 aromatic heterocycles. The SMILES string of the molecule is CCOC(=O)Cn1c(=O)c2ccccc2n(Cc2ccccc2)c1=O. The molecular weight excluding hydrogens is 320 g/mol. The molecular formula is C19H18N2O4. The summed E-state index contributed by atoms with van der Waals surface area (Å²) < 4.78 is 7.32. The van der Waals surface area contributed by atoms with E-state index in [1.165, 1.54) is 4.57 Å². The third-order valence-corrected chi connectivity index (χ3v) is 3.91. The Hall–Kier alpha value is -3.15. The van der Waals surface area contributed by atoms with E-state index in [1.54, 1.807) is 31.2 Å². The van der Waals surface area contributed by atoms with Crippen molar-refractivity contribution in [2.75, 3.05) is 6.61 Å². The fourth-order valence-electron chi connectivity index (χ4n) is 2.76. The number of esters is 1. The predicted octanol–water partition coefficient (Wildman–Crippen LogP) is 1.77. The molecule has 0 bridgehead atoms. The van der Waals surface area contributed by atoms with Crippen LogP contribution in [0, 0.1) is 0 Å². The Bertz CT molecular complexity index is 1020. The van der Waals surface area contributed by atoms with E-state index in [1.807, 2.05) is 30.3 Å². The monoisotopic (exact) mass is 338 g/mol. The summed E-state index contributed by atoms with van der Waals surface area (Å²) in [5, 5.41) is 0.391. The van der Waals surface area contributed by atoms with E-state index >= 15 is 0 Å². The minimum Gasteiger partial charge on any atom is -0.465 e. The van der Waals surface area contributed by atoms with Crippen molar-refractivity contribution in [3.63, 3.8) is 0 Å². The second kappa shape index (κ2) is 7.17. The molecule has 0 aliphatic carbocycles. The van der Waals surface area contributed by atoms with Gasteiger partial charge >= 0.3 is 11.7 Å². The van der Waals surface area contributed by atoms with E-state index < -0.39 is 23.8 Å². The summed E-state index contributed by atoms with van der Waals surface area (Å²) in [6.07, 6.45) is 0. The van der Waals surface area contributed by atoms with E-state index in [0.717, 1.165) is 10.1 Å². The van der Waals surface area contributed by atoms with Crippen LogP contribution in [0.4, 0.5) is 0 Å². The maximum atomic E-state index is 12.9. The predicted molar refractivity (Wildman–Crippen MR) is 94.6 cm³/mol. The lowest BCUT2D eigenvalue weighted by atomic mass is 10.2. The molecule has 25 heavy (non-hydrogen) atoms. The van der Waals surface area contributed by atoms with Gasteiger partial charge in [-0.1, -0.05) is 42.5 Å². The molecule has 3 aromatic rings. The van der Waals surface area contributed by atoms with Gasteiger partial charge < -0.3 is 4.74 Å². The first-order chi connectivity index (χ1) is 12.1. The van der Waals surface area contributed by atoms with Crippen LogP contribution in [0.3, 0.4) is 0 Å². The number of para-hydroxylation sites is 1. The molecule has 0 radical (unpaired) electrons. The molecule has 0 spiro atoms. The highest BCUT2D eigenvalue weighted by Crippen LogP contribution is 2.10. The fourth-order valence-corrected chi connectivity index (χ4v) is 2.76. The summed E-state index contributed by atoms with van der Waals surface area (Å²) in [6, 6.07) is 16.4. The zero-order chi connectivity index (χ0) is 17.8. The second-order valence-corrected chi connectivity index (χ2v) is 5.57. The fraction of sp³-hybridized carbons (Fsp3) is 0.211. The number of hydrogen-bond acceptors (Lipinski definition) is 4. The van der Waals surface area contributed by atoms with Crippen molar-refractivity contribution < 1.29 is 9.53 Å². The molecule has 0 amide bonds. The van der Waals surface area contributed by atoms with Crippen molar-refractivity contribution in [3.05, 3.63) is 81.0 Å². The minimum absolute atomic E-state index is 0.194. The Labute approximate surface area is 143 Å². The first-order valence-corrected chi connectivity index (χ1v) is 8.03. The Morgan fingerprint density at radius 2 is 1.64 bits per heavy atom. The van der Waals surface area contributed by atoms with Crippen LogP contribution in [0.5, 0.6) is 0 Å². The number of carbonyl (C=O) groups excluding carboxylic acids is 1. The van der Waals surface area contributed by atoms with Crippen LogP contribution in [-0.2, 0) is 22.6 Å². The van der Waals surface area contributed by atoms with Crippen molar-refractivity contribution in [2.24, 2.45) is 0 Å². The Balaban J connectivity index is 2.19. The molecule has 3 rings (SSSR count). The topological polar surface area (TPSA) is 70.3 Å². The standard InChI is InChI=1S/C19H18N2O4/c1-2-25-17(22)13-21-18(23)15-10-6-7-11-16(15)20(19(21)24)12-14-8-4-3-5-9-14/h3-11H,2,12-13H2,1H3. The van der Waals surface area contributed by atoms with E-state index in [4.69, 9.17) is 4.74 Å². The summed E-state index contributed by atoms with van der Waals surface area (Å²) >= 11 is 0. The van der Waals surface area contributed by atoms with Gasteiger partial charge in [-0.05, 0) is 24.6 Å². The molecule has 1 heterocycles. The first kappa shape index (κ1) is 16.7. The zero-order valence-electron chi connectivity index (χ0n) is 13.8. The van der Waals surface area contributed by atoms with Gasteiger partial charge in [0.15, 0.2) is 0 Å². The van der Waals surface area contributed by atoms with Crippen LogP contribution in [0.25, 0.3) is 10.9 Å². The maximum absolute atomic E-state index is 12.9. The minimum atomic E-state index is -0.608. The van der Waals surface area contributed by atoms with Gasteiger partial charge in [-0.3, -0.25) is 14.2 Å². The summed E-state index contributed by atoms with van der Waals surface area (Å²) in [4.78, 5) is 37.3. The maximum Gasteiger partial charge on any atom is 0.332 e. The van der Waals surface area contributed by atoms with Crippen molar-refractivity contribution in [3.8, 4) is 0 Å². The van der Waals surface area contributed by atoms with Gasteiger partial charge in [-0.2, -0.15) is 0 Å². The quantitative estimate of drug-likeness (QED) is 0.665. The highest BCUT2D eigenvalue weighted by Gasteiger charge is 2.15. The number of rotatable bonds is 5. The van der Waals surface area contributed by atoms with Gasteiger partial charge in [0.25, 0.3) is 5.56 Å². The number of fused-ring (bicyclic) bond motifs is 1. The van der Waals surface area contributed by atoms with Crippen LogP contribution in [-0.4, -0.2) is 21.7 Å². The van der Waals surface area contributed by atoms with Gasteiger partial charge in [-0.25, -0.2) is 9.36 Å². The number of aromatic nitrogens is 2. The van der Waals surface area contributed by atoms with E-state index in [0.29, 0.717) is 17.4 Å². The third-order valence-electron chi connectivity index (χ3n) is 3.91. The van der Waals surface area contributed by atoms with Crippen molar-refractivity contribution >= 4 is 16.9 Å². The molecule has 0 atom stereocenters. The normalized spacial score (nSPS) is 10.8. The highest BCUT2D eigenvalue weighted by molar-refractivity contribution is 5.78. The van der Waals surface area contributed by atoms with Crippen LogP contribution in [0.2, 0.25) is 0 Å². The molecule has 128 valence electrons. The van der Waals surface area contributed by atoms with Gasteiger partial charge in [0.2, 0.25) is 0 Å². The van der Waals surface area contributed by atoms with Crippen molar-refractivity contribution in [1.29, 1.82) is 0 Å². The van der Waals surface area contributed by atoms with E-state index in [2.05, 4.69) is 0 Å². The Morgan fingerprint density at radius 1 is 0.960 bits per heavy atom. The lowest BCUT2D eigenvalue weighted by molar-refractivity contribution is -0.143. The molecule has 2 aromatic carbocycles. The molecule has 0 saturated heterocycles. The average Bonchev–Trinajstić information content (AvgIpc) is 2.63. The number of benzene rings is 2. The smallest absolute Gasteiger partial charge is 0.332 e. The van der Waals surface area contributed by atoms with Crippen LogP contribution < -0.4 is 11.2 Å². The lowest BCUT2D eigenvalue weighted by Crippen LogP contribution is -2.42. The molecule has 0 saturated carbocycles. The number of hydrogen-bond donors (Lipinski definition) is 0. The second-order valence-electron chi connectivity index (χ2n) is 5.57.